The molecular formula is C14H28NO2. The van der Waals surface area contributed by atoms with Crippen molar-refractivity contribution >= 4 is 0 Å². The summed E-state index contributed by atoms with van der Waals surface area (Å²) in [5.74, 6) is 0.290. The van der Waals surface area contributed by atoms with Crippen molar-refractivity contribution in [3.8, 4) is 0 Å². The second kappa shape index (κ2) is 5.68. The molecule has 0 saturated carbocycles. The van der Waals surface area contributed by atoms with Gasteiger partial charge in [-0.25, -0.2) is 0 Å². The molecule has 3 nitrogen and oxygen atoms in total. The fourth-order valence-corrected chi connectivity index (χ4v) is 2.64. The van der Waals surface area contributed by atoms with Crippen molar-refractivity contribution in [3.63, 3.8) is 0 Å². The second-order valence-corrected chi connectivity index (χ2v) is 6.01. The molecule has 1 radical (unpaired) electrons. The smallest absolute Gasteiger partial charge is 0.150 e. The summed E-state index contributed by atoms with van der Waals surface area (Å²) in [4.78, 5) is 0. The molecule has 2 unspecified atom stereocenters. The number of rotatable bonds is 6. The number of hydrogen-bond acceptors (Lipinski definition) is 2. The van der Waals surface area contributed by atoms with Crippen molar-refractivity contribution in [3.05, 3.63) is 0 Å². The zero-order valence-electron chi connectivity index (χ0n) is 12.1. The van der Waals surface area contributed by atoms with Crippen molar-refractivity contribution in [2.24, 2.45) is 5.92 Å². The van der Waals surface area contributed by atoms with Gasteiger partial charge in [0.25, 0.3) is 0 Å². The highest BCUT2D eigenvalue weighted by molar-refractivity contribution is 4.96. The zero-order chi connectivity index (χ0) is 13.1. The number of nitrogens with zero attached hydrogens (tertiary/aromatic N) is 1. The Kier molecular flexibility index (Phi) is 4.99. The molecule has 0 bridgehead atoms. The third-order valence-electron chi connectivity index (χ3n) is 4.09. The first-order valence-corrected chi connectivity index (χ1v) is 7.02. The Morgan fingerprint density at radius 1 is 1.29 bits per heavy atom. The van der Waals surface area contributed by atoms with E-state index in [-0.39, 0.29) is 5.54 Å². The van der Waals surface area contributed by atoms with Gasteiger partial charge in [0.1, 0.15) is 5.72 Å². The summed E-state index contributed by atoms with van der Waals surface area (Å²) >= 11 is 0. The standard InChI is InChI=1S/C14H28NO2/c1-6-8-9-10-14(12(3)7-2)15(16)13(4,5)11-17-14/h12H,6-11H2,1-5H3. The lowest BCUT2D eigenvalue weighted by Crippen LogP contribution is -2.53. The summed E-state index contributed by atoms with van der Waals surface area (Å²) < 4.78 is 5.98. The lowest BCUT2D eigenvalue weighted by molar-refractivity contribution is -0.309. The lowest BCUT2D eigenvalue weighted by atomic mass is 9.88. The van der Waals surface area contributed by atoms with Gasteiger partial charge in [-0.1, -0.05) is 33.6 Å². The van der Waals surface area contributed by atoms with Crippen LogP contribution in [-0.2, 0) is 9.94 Å². The number of unbranched alkanes of at least 4 members (excludes halogenated alkanes) is 2. The summed E-state index contributed by atoms with van der Waals surface area (Å²) in [7, 11) is 0. The summed E-state index contributed by atoms with van der Waals surface area (Å²) in [6.45, 7) is 11.0. The van der Waals surface area contributed by atoms with Crippen LogP contribution < -0.4 is 0 Å². The summed E-state index contributed by atoms with van der Waals surface area (Å²) in [6.07, 6.45) is 5.29. The van der Waals surface area contributed by atoms with E-state index in [1.807, 2.05) is 13.8 Å². The fraction of sp³-hybridized carbons (Fsp3) is 1.00. The molecule has 0 aliphatic carbocycles. The van der Waals surface area contributed by atoms with E-state index in [0.29, 0.717) is 12.5 Å². The molecule has 1 aliphatic heterocycles. The fourth-order valence-electron chi connectivity index (χ4n) is 2.64. The molecule has 1 fully saturated rings. The van der Waals surface area contributed by atoms with Crippen LogP contribution in [0.15, 0.2) is 0 Å². The maximum atomic E-state index is 12.5. The first kappa shape index (κ1) is 14.9. The summed E-state index contributed by atoms with van der Waals surface area (Å²) in [6, 6.07) is 0. The Morgan fingerprint density at radius 3 is 2.35 bits per heavy atom. The van der Waals surface area contributed by atoms with Crippen LogP contribution in [0.2, 0.25) is 0 Å². The monoisotopic (exact) mass is 242 g/mol. The van der Waals surface area contributed by atoms with Crippen LogP contribution in [0.3, 0.4) is 0 Å². The van der Waals surface area contributed by atoms with Crippen LogP contribution in [-0.4, -0.2) is 22.9 Å². The van der Waals surface area contributed by atoms with Gasteiger partial charge >= 0.3 is 0 Å². The number of hydroxylamine groups is 2. The molecule has 0 amide bonds. The van der Waals surface area contributed by atoms with Crippen LogP contribution in [0.5, 0.6) is 0 Å². The van der Waals surface area contributed by atoms with Gasteiger partial charge < -0.3 is 4.74 Å². The Bertz CT molecular complexity index is 242. The maximum absolute atomic E-state index is 12.5. The van der Waals surface area contributed by atoms with Gasteiger partial charge in [0.2, 0.25) is 0 Å². The summed E-state index contributed by atoms with van der Waals surface area (Å²) in [5.41, 5.74) is -0.955. The highest BCUT2D eigenvalue weighted by Gasteiger charge is 2.54. The molecule has 0 aromatic carbocycles. The van der Waals surface area contributed by atoms with Crippen LogP contribution in [0.25, 0.3) is 0 Å². The Morgan fingerprint density at radius 2 is 1.94 bits per heavy atom. The van der Waals surface area contributed by atoms with Gasteiger partial charge in [-0.05, 0) is 33.1 Å². The quantitative estimate of drug-likeness (QED) is 0.664. The van der Waals surface area contributed by atoms with E-state index in [1.165, 1.54) is 17.9 Å². The zero-order valence-corrected chi connectivity index (χ0v) is 12.1. The average molecular weight is 242 g/mol. The lowest BCUT2D eigenvalue weighted by Gasteiger charge is -2.39. The van der Waals surface area contributed by atoms with Gasteiger partial charge in [0.05, 0.1) is 12.1 Å². The number of hydrogen-bond donors (Lipinski definition) is 0. The normalized spacial score (nSPS) is 30.7. The molecule has 2 atom stereocenters. The van der Waals surface area contributed by atoms with E-state index >= 15 is 0 Å². The Labute approximate surface area is 106 Å². The molecule has 0 spiro atoms. The minimum absolute atomic E-state index is 0.290. The second-order valence-electron chi connectivity index (χ2n) is 6.01. The Hall–Kier alpha value is -0.120. The van der Waals surface area contributed by atoms with Crippen LogP contribution in [0, 0.1) is 5.92 Å². The summed E-state index contributed by atoms with van der Waals surface area (Å²) in [5, 5.41) is 13.8. The average Bonchev–Trinajstić information content (AvgIpc) is 2.53. The highest BCUT2D eigenvalue weighted by Crippen LogP contribution is 2.43. The van der Waals surface area contributed by atoms with Crippen LogP contribution >= 0.6 is 0 Å². The van der Waals surface area contributed by atoms with E-state index in [4.69, 9.17) is 4.74 Å². The maximum Gasteiger partial charge on any atom is 0.150 e. The third kappa shape index (κ3) is 2.83. The van der Waals surface area contributed by atoms with Gasteiger partial charge in [0, 0.05) is 5.92 Å². The molecule has 17 heavy (non-hydrogen) atoms. The van der Waals surface area contributed by atoms with Gasteiger partial charge in [0.15, 0.2) is 0 Å². The van der Waals surface area contributed by atoms with E-state index in [2.05, 4.69) is 20.8 Å². The largest absolute Gasteiger partial charge is 0.356 e. The van der Waals surface area contributed by atoms with Crippen molar-refractivity contribution in [1.29, 1.82) is 0 Å². The van der Waals surface area contributed by atoms with Crippen molar-refractivity contribution in [1.82, 2.24) is 5.06 Å². The van der Waals surface area contributed by atoms with E-state index in [0.717, 1.165) is 19.3 Å². The molecule has 3 heteroatoms. The molecule has 0 aromatic heterocycles. The van der Waals surface area contributed by atoms with Gasteiger partial charge in [-0.15, -0.1) is 10.3 Å². The predicted octanol–water partition coefficient (Wildman–Crippen LogP) is 3.77. The van der Waals surface area contributed by atoms with E-state index in [1.54, 1.807) is 0 Å². The number of ether oxygens (including phenoxy) is 1. The van der Waals surface area contributed by atoms with Crippen molar-refractivity contribution in [2.45, 2.75) is 78.0 Å². The van der Waals surface area contributed by atoms with E-state index < -0.39 is 5.72 Å². The molecule has 0 aromatic rings. The first-order valence-electron chi connectivity index (χ1n) is 7.02. The van der Waals surface area contributed by atoms with Crippen molar-refractivity contribution < 1.29 is 9.94 Å². The topological polar surface area (TPSA) is 32.4 Å². The third-order valence-corrected chi connectivity index (χ3v) is 4.09. The first-order chi connectivity index (χ1) is 7.90. The molecule has 101 valence electrons. The van der Waals surface area contributed by atoms with Crippen molar-refractivity contribution in [2.75, 3.05) is 6.61 Å². The SMILES string of the molecule is CCCCCC1(C(C)CC)OCC(C)(C)N1[O]. The molecule has 0 N–H and O–H groups in total. The van der Waals surface area contributed by atoms with E-state index in [9.17, 15) is 5.21 Å². The van der Waals surface area contributed by atoms with Crippen LogP contribution in [0.1, 0.15) is 66.7 Å². The van der Waals surface area contributed by atoms with Gasteiger partial charge in [-0.2, -0.15) is 0 Å². The molecular weight excluding hydrogens is 214 g/mol. The molecule has 1 heterocycles. The predicted molar refractivity (Wildman–Crippen MR) is 68.9 cm³/mol. The minimum atomic E-state index is -0.576. The van der Waals surface area contributed by atoms with Gasteiger partial charge in [-0.3, -0.25) is 0 Å². The Balaban J connectivity index is 2.81. The van der Waals surface area contributed by atoms with Crippen LogP contribution in [0.4, 0.5) is 0 Å². The molecule has 1 aliphatic rings. The molecule has 1 rings (SSSR count). The highest BCUT2D eigenvalue weighted by atomic mass is 16.6. The minimum Gasteiger partial charge on any atom is -0.356 e. The molecule has 1 saturated heterocycles.